The zero-order valence-corrected chi connectivity index (χ0v) is 53.3. The van der Waals surface area contributed by atoms with Gasteiger partial charge in [0.25, 0.3) is 0 Å². The fraction of sp³-hybridized carbons (Fsp3) is 0.607. The van der Waals surface area contributed by atoms with Gasteiger partial charge in [0.05, 0.1) is 41.6 Å². The molecule has 83 heavy (non-hydrogen) atoms. The van der Waals surface area contributed by atoms with Crippen LogP contribution in [0.4, 0.5) is 21.0 Å². The summed E-state index contributed by atoms with van der Waals surface area (Å²) in [6.45, 7) is 14.8. The molecule has 0 radical (unpaired) electrons. The lowest BCUT2D eigenvalue weighted by molar-refractivity contribution is -0.187. The van der Waals surface area contributed by atoms with Crippen molar-refractivity contribution < 1.29 is 67.1 Å². The average Bonchev–Trinajstić information content (AvgIpc) is 1.83. The third kappa shape index (κ3) is 19.7. The fourth-order valence-electron chi connectivity index (χ4n) is 10.7. The molecule has 3 aliphatic heterocycles. The summed E-state index contributed by atoms with van der Waals surface area (Å²) in [5.74, 6) is -4.07. The van der Waals surface area contributed by atoms with Crippen LogP contribution in [0.3, 0.4) is 0 Å². The number of unbranched alkanes of at least 4 members (excludes halogenated alkanes) is 1. The number of allylic oxidation sites excluding steroid dienone is 3. The minimum Gasteiger partial charge on any atom is -0.462 e. The second kappa shape index (κ2) is 30.8. The summed E-state index contributed by atoms with van der Waals surface area (Å²) in [4.78, 5) is 108. The molecule has 4 bridgehead atoms. The van der Waals surface area contributed by atoms with Crippen molar-refractivity contribution in [3.8, 4) is 0 Å². The molecule has 3 aliphatic rings. The number of esters is 2. The number of hydrogen-bond donors (Lipinski definition) is 5. The SMILES string of the molecule is CO[C@@H]1/C=C/C=C(\C)Cc2cc(C)c(Cl)c(c2)N(C)C(=O)C[C@H](OC(=O)Nc2ccc(CC(=O)[C@H](CCCNC(N)=O)NC(=O)[C@@H](CC(=O)CCCCC(C)(C)OC(=O)C(CBr)CBr)C(C)C)cc2)[C@]2(C)O[C@H]2[C@H](C)[C@@H]2C[C@@]1(O)CC(=O)O2. The van der Waals surface area contributed by atoms with Crippen LogP contribution in [0.1, 0.15) is 129 Å². The van der Waals surface area contributed by atoms with Crippen LogP contribution >= 0.6 is 43.5 Å². The van der Waals surface area contributed by atoms with Crippen molar-refractivity contribution in [2.24, 2.45) is 29.4 Å². The average molecular weight is 1310 g/mol. The van der Waals surface area contributed by atoms with Gasteiger partial charge in [-0.2, -0.15) is 0 Å². The van der Waals surface area contributed by atoms with Crippen molar-refractivity contribution in [3.05, 3.63) is 81.9 Å². The fourth-order valence-corrected chi connectivity index (χ4v) is 12.6. The van der Waals surface area contributed by atoms with Gasteiger partial charge < -0.3 is 50.1 Å². The monoisotopic (exact) mass is 1300 g/mol. The van der Waals surface area contributed by atoms with E-state index in [0.29, 0.717) is 64.7 Å². The molecule has 0 spiro atoms. The van der Waals surface area contributed by atoms with Gasteiger partial charge in [0.15, 0.2) is 5.78 Å². The van der Waals surface area contributed by atoms with Gasteiger partial charge in [-0.3, -0.25) is 34.1 Å². The first kappa shape index (κ1) is 68.6. The number of ketones is 2. The van der Waals surface area contributed by atoms with Gasteiger partial charge in [-0.05, 0) is 114 Å². The minimum absolute atomic E-state index is 0.0196. The number of urea groups is 1. The molecular formula is C61H84Br2ClN5O14. The third-order valence-electron chi connectivity index (χ3n) is 15.9. The Morgan fingerprint density at radius 1 is 1.02 bits per heavy atom. The second-order valence-corrected chi connectivity index (χ2v) is 25.2. The number of hydrogen-bond acceptors (Lipinski definition) is 14. The van der Waals surface area contributed by atoms with E-state index >= 15 is 0 Å². The molecule has 2 aromatic carbocycles. The van der Waals surface area contributed by atoms with Crippen LogP contribution in [0.2, 0.25) is 5.02 Å². The Labute approximate surface area is 509 Å². The minimum atomic E-state index is -1.62. The number of epoxide rings is 1. The Balaban J connectivity index is 1.28. The Morgan fingerprint density at radius 2 is 1.71 bits per heavy atom. The van der Waals surface area contributed by atoms with Crippen LogP contribution in [0.25, 0.3) is 0 Å². The Kier molecular flexibility index (Phi) is 25.4. The van der Waals surface area contributed by atoms with E-state index in [0.717, 1.165) is 16.7 Å². The molecule has 2 aromatic rings. The lowest BCUT2D eigenvalue weighted by Crippen LogP contribution is -2.53. The molecule has 2 fully saturated rings. The number of amides is 5. The zero-order chi connectivity index (χ0) is 61.6. The summed E-state index contributed by atoms with van der Waals surface area (Å²) in [6.07, 6.45) is 3.05. The summed E-state index contributed by atoms with van der Waals surface area (Å²) >= 11 is 13.5. The van der Waals surface area contributed by atoms with Gasteiger partial charge in [0.2, 0.25) is 11.8 Å². The van der Waals surface area contributed by atoms with E-state index in [2.05, 4.69) is 47.8 Å². The largest absolute Gasteiger partial charge is 0.462 e. The van der Waals surface area contributed by atoms with Crippen LogP contribution in [0.5, 0.6) is 0 Å². The van der Waals surface area contributed by atoms with Crippen LogP contribution < -0.4 is 26.6 Å². The molecule has 9 atom stereocenters. The molecule has 22 heteroatoms. The Morgan fingerprint density at radius 3 is 2.35 bits per heavy atom. The van der Waals surface area contributed by atoms with Crippen molar-refractivity contribution in [1.82, 2.24) is 10.6 Å². The Bertz CT molecular complexity index is 2720. The number of benzene rings is 2. The topological polar surface area (TPSA) is 272 Å². The number of halogens is 3. The maximum Gasteiger partial charge on any atom is 0.412 e. The quantitative estimate of drug-likeness (QED) is 0.0215. The first-order valence-electron chi connectivity index (χ1n) is 28.3. The van der Waals surface area contributed by atoms with Crippen LogP contribution in [-0.2, 0) is 65.3 Å². The molecule has 2 saturated heterocycles. The van der Waals surface area contributed by atoms with Crippen molar-refractivity contribution in [1.29, 1.82) is 0 Å². The number of carbonyl (C=O) groups is 8. The molecule has 19 nitrogen and oxygen atoms in total. The molecule has 0 saturated carbocycles. The summed E-state index contributed by atoms with van der Waals surface area (Å²) < 4.78 is 29.8. The predicted molar refractivity (Wildman–Crippen MR) is 324 cm³/mol. The molecule has 3 heterocycles. The number of Topliss-reactive ketones (excluding diaryl/α,β-unsaturated/α-hetero) is 2. The number of nitrogens with two attached hydrogens (primary N) is 1. The van der Waals surface area contributed by atoms with E-state index < -0.39 is 89.0 Å². The summed E-state index contributed by atoms with van der Waals surface area (Å²) in [6, 6.07) is 8.50. The number of methoxy groups -OCH3 is 1. The maximum absolute atomic E-state index is 14.4. The highest BCUT2D eigenvalue weighted by molar-refractivity contribution is 9.09. The van der Waals surface area contributed by atoms with E-state index in [9.17, 15) is 43.5 Å². The number of rotatable bonds is 24. The number of fused-ring (bicyclic) bond motifs is 5. The number of nitrogens with one attached hydrogen (secondary N) is 3. The highest BCUT2D eigenvalue weighted by Gasteiger charge is 2.64. The number of carbonyl (C=O) groups excluding carboxylic acids is 8. The summed E-state index contributed by atoms with van der Waals surface area (Å²) in [5, 5.41) is 21.4. The maximum atomic E-state index is 14.4. The number of alkyl halides is 2. The standard InChI is InChI=1S/C61H84Br2ClN5O14/c1-35(2)44(29-43(70)16-11-12-23-59(6,7)83-56(75)41(33-62)34-63)55(74)68-45(17-14-24-66-57(65)76)47(71)28-39-19-21-42(22-20-39)67-58(77)81-50-30-51(72)69(9)46-27-40(26-37(4)53(46)64)25-36(3)15-13-18-49(79-10)61(78)31-48(80-52(73)32-61)38(5)54-60(50,8)82-54/h13,15,18-22,26-27,35,38,41,44-45,48-50,54,78H,11-12,14,16-17,23-25,28-34H2,1-10H3,(H,67,77)(H,68,74)(H3,65,66,76)/b18-13+,36-15+/t38-,44+,45+,48+,49-,50+,54+,60+,61-/m1/s1. The van der Waals surface area contributed by atoms with E-state index in [1.165, 1.54) is 12.0 Å². The number of aliphatic hydroxyl groups is 1. The molecule has 5 rings (SSSR count). The normalized spacial score (nSPS) is 24.7. The first-order valence-corrected chi connectivity index (χ1v) is 31.0. The smallest absolute Gasteiger partial charge is 0.412 e. The van der Waals surface area contributed by atoms with Gasteiger partial charge in [-0.1, -0.05) is 106 Å². The number of aryl methyl sites for hydroxylation is 1. The molecule has 0 unspecified atom stereocenters. The molecule has 0 aliphatic carbocycles. The predicted octanol–water partition coefficient (Wildman–Crippen LogP) is 9.49. The van der Waals surface area contributed by atoms with Crippen molar-refractivity contribution >= 4 is 102 Å². The van der Waals surface area contributed by atoms with Crippen LogP contribution in [0, 0.1) is 30.6 Å². The van der Waals surface area contributed by atoms with Gasteiger partial charge >= 0.3 is 24.1 Å². The number of nitrogens with zero attached hydrogens (tertiary/aromatic N) is 1. The highest BCUT2D eigenvalue weighted by atomic mass is 79.9. The molecule has 0 aromatic heterocycles. The van der Waals surface area contributed by atoms with Gasteiger partial charge in [-0.25, -0.2) is 9.59 Å². The van der Waals surface area contributed by atoms with E-state index in [1.807, 2.05) is 66.7 Å². The number of anilines is 2. The molecule has 458 valence electrons. The summed E-state index contributed by atoms with van der Waals surface area (Å²) in [7, 11) is 3.06. The van der Waals surface area contributed by atoms with Gasteiger partial charge in [0, 0.05) is 74.6 Å². The highest BCUT2D eigenvalue weighted by Crippen LogP contribution is 2.50. The lowest BCUT2D eigenvalue weighted by Gasteiger charge is -2.41. The third-order valence-corrected chi connectivity index (χ3v) is 17.9. The molecule has 5 amide bonds. The lowest BCUT2D eigenvalue weighted by atomic mass is 9.78. The first-order chi connectivity index (χ1) is 39.0. The van der Waals surface area contributed by atoms with Crippen LogP contribution in [-0.4, -0.2) is 131 Å². The van der Waals surface area contributed by atoms with E-state index in [4.69, 9.17) is 41.0 Å². The second-order valence-electron chi connectivity index (χ2n) is 23.6. The van der Waals surface area contributed by atoms with E-state index in [-0.39, 0.29) is 80.9 Å². The molecule has 6 N–H and O–H groups in total. The van der Waals surface area contributed by atoms with Crippen molar-refractivity contribution in [2.45, 2.75) is 180 Å². The van der Waals surface area contributed by atoms with Crippen LogP contribution in [0.15, 0.2) is 60.2 Å². The number of primary amides is 1. The number of ether oxygens (including phenoxy) is 5. The van der Waals surface area contributed by atoms with E-state index in [1.54, 1.807) is 50.4 Å². The zero-order valence-electron chi connectivity index (χ0n) is 49.4. The summed E-state index contributed by atoms with van der Waals surface area (Å²) in [5.41, 5.74) is 5.57. The van der Waals surface area contributed by atoms with Crippen molar-refractivity contribution in [2.75, 3.05) is 41.6 Å². The Hall–Kier alpha value is -5.19. The van der Waals surface area contributed by atoms with Gasteiger partial charge in [-0.15, -0.1) is 0 Å². The molecular weight excluding hydrogens is 1220 g/mol. The van der Waals surface area contributed by atoms with Crippen molar-refractivity contribution in [3.63, 3.8) is 0 Å². The van der Waals surface area contributed by atoms with Gasteiger partial charge in [0.1, 0.15) is 40.9 Å².